The molecule has 1 aromatic carbocycles. The number of carbonyl (C=O) groups is 1. The molecule has 1 aromatic rings. The number of benzene rings is 1. The number of hydrogen-bond acceptors (Lipinski definition) is 3. The predicted molar refractivity (Wildman–Crippen MR) is 49.2 cm³/mol. The molecule has 0 heterocycles. The van der Waals surface area contributed by atoms with Crippen molar-refractivity contribution in [3.05, 3.63) is 24.3 Å². The minimum absolute atomic E-state index is 0.0332. The first-order chi connectivity index (χ1) is 7.08. The number of carboxylic acids is 1. The smallest absolute Gasteiger partial charge is 0.387 e. The maximum Gasteiger partial charge on any atom is 0.387 e. The van der Waals surface area contributed by atoms with Gasteiger partial charge in [0.1, 0.15) is 12.3 Å². The Morgan fingerprint density at radius 1 is 1.40 bits per heavy atom. The molecule has 0 fully saturated rings. The van der Waals surface area contributed by atoms with E-state index in [1.165, 1.54) is 24.3 Å². The van der Waals surface area contributed by atoms with Gasteiger partial charge in [-0.2, -0.15) is 8.78 Å². The zero-order valence-corrected chi connectivity index (χ0v) is 7.61. The summed E-state index contributed by atoms with van der Waals surface area (Å²) in [5.41, 5.74) is 0.527. The Labute approximate surface area is 84.5 Å². The van der Waals surface area contributed by atoms with Gasteiger partial charge in [0.15, 0.2) is 0 Å². The van der Waals surface area contributed by atoms with Crippen molar-refractivity contribution in [2.45, 2.75) is 6.61 Å². The van der Waals surface area contributed by atoms with Crippen molar-refractivity contribution in [2.24, 2.45) is 0 Å². The molecule has 0 bridgehead atoms. The van der Waals surface area contributed by atoms with Gasteiger partial charge in [0, 0.05) is 5.69 Å². The molecule has 82 valence electrons. The van der Waals surface area contributed by atoms with Gasteiger partial charge in [-0.25, -0.2) is 0 Å². The average Bonchev–Trinajstić information content (AvgIpc) is 2.16. The molecule has 0 amide bonds. The van der Waals surface area contributed by atoms with Gasteiger partial charge in [-0.05, 0) is 24.3 Å². The number of hydrogen-bond donors (Lipinski definition) is 2. The molecule has 2 N–H and O–H groups in total. The molecule has 4 nitrogen and oxygen atoms in total. The van der Waals surface area contributed by atoms with Crippen molar-refractivity contribution >= 4 is 11.7 Å². The Morgan fingerprint density at radius 3 is 2.47 bits per heavy atom. The van der Waals surface area contributed by atoms with E-state index < -0.39 is 12.6 Å². The Morgan fingerprint density at radius 2 is 2.00 bits per heavy atom. The minimum atomic E-state index is -2.86. The lowest BCUT2D eigenvalue weighted by atomic mass is 10.3. The third-order valence-corrected chi connectivity index (χ3v) is 1.52. The van der Waals surface area contributed by atoms with E-state index in [2.05, 4.69) is 10.1 Å². The number of alkyl halides is 2. The summed E-state index contributed by atoms with van der Waals surface area (Å²) in [5, 5.41) is 10.9. The lowest BCUT2D eigenvalue weighted by Crippen LogP contribution is -2.12. The summed E-state index contributed by atoms with van der Waals surface area (Å²) in [5.74, 6) is -0.964. The molecular formula is C9H9F2NO3. The third-order valence-electron chi connectivity index (χ3n) is 1.52. The fraction of sp³-hybridized carbons (Fsp3) is 0.222. The van der Waals surface area contributed by atoms with Crippen LogP contribution in [0.1, 0.15) is 0 Å². The maximum absolute atomic E-state index is 11.8. The molecule has 0 spiro atoms. The van der Waals surface area contributed by atoms with Gasteiger partial charge >= 0.3 is 12.6 Å². The van der Waals surface area contributed by atoms with Crippen LogP contribution in [0.15, 0.2) is 24.3 Å². The summed E-state index contributed by atoms with van der Waals surface area (Å²) >= 11 is 0. The molecule has 0 saturated carbocycles. The van der Waals surface area contributed by atoms with Crippen LogP contribution in [0.3, 0.4) is 0 Å². The lowest BCUT2D eigenvalue weighted by molar-refractivity contribution is -0.134. The summed E-state index contributed by atoms with van der Waals surface area (Å²) in [6.45, 7) is -3.09. The summed E-state index contributed by atoms with van der Waals surface area (Å²) < 4.78 is 27.6. The molecule has 0 atom stereocenters. The molecule has 6 heteroatoms. The number of aliphatic carboxylic acids is 1. The van der Waals surface area contributed by atoms with E-state index in [1.807, 2.05) is 0 Å². The Bertz CT molecular complexity index is 327. The highest BCUT2D eigenvalue weighted by atomic mass is 19.3. The van der Waals surface area contributed by atoms with E-state index >= 15 is 0 Å². The SMILES string of the molecule is O=C(O)CNc1ccc(OC(F)F)cc1. The number of nitrogens with one attached hydrogen (secondary N) is 1. The van der Waals surface area contributed by atoms with E-state index in [4.69, 9.17) is 5.11 Å². The van der Waals surface area contributed by atoms with Crippen LogP contribution in [0.25, 0.3) is 0 Å². The number of carboxylic acid groups (broad SMARTS) is 1. The fourth-order valence-electron chi connectivity index (χ4n) is 0.932. The highest BCUT2D eigenvalue weighted by Gasteiger charge is 2.03. The maximum atomic E-state index is 11.8. The van der Waals surface area contributed by atoms with Gasteiger partial charge in [-0.1, -0.05) is 0 Å². The highest BCUT2D eigenvalue weighted by Crippen LogP contribution is 2.17. The van der Waals surface area contributed by atoms with Crippen LogP contribution in [0, 0.1) is 0 Å². The molecule has 0 aliphatic heterocycles. The van der Waals surface area contributed by atoms with Gasteiger partial charge in [0.25, 0.3) is 0 Å². The first-order valence-corrected chi connectivity index (χ1v) is 4.08. The van der Waals surface area contributed by atoms with Gasteiger partial charge in [0.05, 0.1) is 0 Å². The van der Waals surface area contributed by atoms with Crippen LogP contribution in [-0.2, 0) is 4.79 Å². The van der Waals surface area contributed by atoms with Gasteiger partial charge in [0.2, 0.25) is 0 Å². The normalized spacial score (nSPS) is 10.1. The molecule has 0 saturated heterocycles. The zero-order valence-electron chi connectivity index (χ0n) is 7.61. The lowest BCUT2D eigenvalue weighted by Gasteiger charge is -2.06. The fourth-order valence-corrected chi connectivity index (χ4v) is 0.932. The van der Waals surface area contributed by atoms with Crippen LogP contribution >= 0.6 is 0 Å². The van der Waals surface area contributed by atoms with E-state index in [0.29, 0.717) is 5.69 Å². The standard InChI is InChI=1S/C9H9F2NO3/c10-9(11)15-7-3-1-6(2-4-7)12-5-8(13)14/h1-4,9,12H,5H2,(H,13,14). The van der Waals surface area contributed by atoms with Gasteiger partial charge in [-0.15, -0.1) is 0 Å². The summed E-state index contributed by atoms with van der Waals surface area (Å²) in [4.78, 5) is 10.2. The van der Waals surface area contributed by atoms with Crippen LogP contribution in [-0.4, -0.2) is 24.2 Å². The molecule has 15 heavy (non-hydrogen) atoms. The second-order valence-electron chi connectivity index (χ2n) is 2.65. The number of halogens is 2. The van der Waals surface area contributed by atoms with Crippen molar-refractivity contribution in [3.63, 3.8) is 0 Å². The molecular weight excluding hydrogens is 208 g/mol. The molecule has 0 radical (unpaired) electrons. The number of ether oxygens (including phenoxy) is 1. The molecule has 0 aromatic heterocycles. The van der Waals surface area contributed by atoms with Crippen molar-refractivity contribution in [2.75, 3.05) is 11.9 Å². The highest BCUT2D eigenvalue weighted by molar-refractivity contribution is 5.72. The first-order valence-electron chi connectivity index (χ1n) is 4.08. The van der Waals surface area contributed by atoms with E-state index in [9.17, 15) is 13.6 Å². The van der Waals surface area contributed by atoms with Crippen molar-refractivity contribution in [3.8, 4) is 5.75 Å². The van der Waals surface area contributed by atoms with E-state index in [1.54, 1.807) is 0 Å². The van der Waals surface area contributed by atoms with E-state index in [0.717, 1.165) is 0 Å². The second-order valence-corrected chi connectivity index (χ2v) is 2.65. The van der Waals surface area contributed by atoms with Gasteiger partial charge in [-0.3, -0.25) is 4.79 Å². The van der Waals surface area contributed by atoms with Crippen LogP contribution in [0.2, 0.25) is 0 Å². The van der Waals surface area contributed by atoms with Crippen molar-refractivity contribution < 1.29 is 23.4 Å². The first kappa shape index (κ1) is 11.2. The second kappa shape index (κ2) is 5.14. The predicted octanol–water partition coefficient (Wildman–Crippen LogP) is 1.78. The van der Waals surface area contributed by atoms with Crippen LogP contribution in [0.4, 0.5) is 14.5 Å². The molecule has 0 aliphatic rings. The van der Waals surface area contributed by atoms with Crippen LogP contribution < -0.4 is 10.1 Å². The van der Waals surface area contributed by atoms with Crippen molar-refractivity contribution in [1.29, 1.82) is 0 Å². The molecule has 0 unspecified atom stereocenters. The molecule has 0 aliphatic carbocycles. The summed E-state index contributed by atoms with van der Waals surface area (Å²) in [6.07, 6.45) is 0. The Balaban J connectivity index is 2.52. The minimum Gasteiger partial charge on any atom is -0.480 e. The Hall–Kier alpha value is -1.85. The quantitative estimate of drug-likeness (QED) is 0.789. The summed E-state index contributed by atoms with van der Waals surface area (Å²) in [6, 6.07) is 5.58. The van der Waals surface area contributed by atoms with Crippen molar-refractivity contribution in [1.82, 2.24) is 0 Å². The topological polar surface area (TPSA) is 58.6 Å². The number of anilines is 1. The number of rotatable bonds is 5. The summed E-state index contributed by atoms with van der Waals surface area (Å²) in [7, 11) is 0. The molecule has 1 rings (SSSR count). The van der Waals surface area contributed by atoms with Gasteiger partial charge < -0.3 is 15.2 Å². The van der Waals surface area contributed by atoms with E-state index in [-0.39, 0.29) is 12.3 Å². The largest absolute Gasteiger partial charge is 0.480 e. The van der Waals surface area contributed by atoms with Crippen LogP contribution in [0.5, 0.6) is 5.75 Å². The monoisotopic (exact) mass is 217 g/mol. The Kier molecular flexibility index (Phi) is 3.84. The zero-order chi connectivity index (χ0) is 11.3. The third kappa shape index (κ3) is 4.26. The average molecular weight is 217 g/mol.